The van der Waals surface area contributed by atoms with Gasteiger partial charge < -0.3 is 17.2 Å². The standard InChI is InChI=1S/C12H16BrN3O2.C12H18BrN3/c1-2-4-15-5-3-8-9(7-15)10(13)6-11(12(8)14)16(17)18;1-2-4-16-5-3-8-9(7-16)10(13)6-11(14)12(8)15/h6H,2-5,7,14H2,1H3;6H,2-5,7,14-15H2,1H3. The summed E-state index contributed by atoms with van der Waals surface area (Å²) in [7, 11) is 0. The number of hydrogen-bond acceptors (Lipinski definition) is 7. The summed E-state index contributed by atoms with van der Waals surface area (Å²) in [6, 6.07) is 3.44. The van der Waals surface area contributed by atoms with E-state index >= 15 is 0 Å². The average molecular weight is 598 g/mol. The Morgan fingerprint density at radius 1 is 0.853 bits per heavy atom. The zero-order chi connectivity index (χ0) is 25.0. The molecule has 4 rings (SSSR count). The van der Waals surface area contributed by atoms with Gasteiger partial charge in [0.15, 0.2) is 0 Å². The smallest absolute Gasteiger partial charge is 0.293 e. The Morgan fingerprint density at radius 3 is 1.79 bits per heavy atom. The minimum absolute atomic E-state index is 0.00423. The number of nitrogens with two attached hydrogens (primary N) is 3. The molecule has 34 heavy (non-hydrogen) atoms. The molecule has 186 valence electrons. The van der Waals surface area contributed by atoms with Gasteiger partial charge in [0.25, 0.3) is 5.69 Å². The lowest BCUT2D eigenvalue weighted by Gasteiger charge is -2.30. The van der Waals surface area contributed by atoms with E-state index in [0.29, 0.717) is 11.4 Å². The second kappa shape index (κ2) is 11.7. The summed E-state index contributed by atoms with van der Waals surface area (Å²) in [5.74, 6) is 0. The maximum atomic E-state index is 10.9. The third kappa shape index (κ3) is 5.84. The number of fused-ring (bicyclic) bond motifs is 2. The van der Waals surface area contributed by atoms with Crippen molar-refractivity contribution in [2.75, 3.05) is 43.4 Å². The Morgan fingerprint density at radius 2 is 1.32 bits per heavy atom. The number of anilines is 3. The van der Waals surface area contributed by atoms with Gasteiger partial charge in [0, 0.05) is 41.2 Å². The van der Waals surface area contributed by atoms with Gasteiger partial charge in [-0.05, 0) is 67.1 Å². The molecule has 2 heterocycles. The van der Waals surface area contributed by atoms with Crippen LogP contribution in [0, 0.1) is 10.1 Å². The van der Waals surface area contributed by atoms with Crippen LogP contribution in [0.2, 0.25) is 0 Å². The molecule has 0 spiro atoms. The molecule has 2 aromatic rings. The molecule has 0 amide bonds. The summed E-state index contributed by atoms with van der Waals surface area (Å²) >= 11 is 7.01. The van der Waals surface area contributed by atoms with Crippen LogP contribution in [-0.4, -0.2) is 40.9 Å². The van der Waals surface area contributed by atoms with Crippen molar-refractivity contribution in [3.63, 3.8) is 0 Å². The quantitative estimate of drug-likeness (QED) is 0.249. The highest BCUT2D eigenvalue weighted by atomic mass is 79.9. The first-order chi connectivity index (χ1) is 16.2. The molecular weight excluding hydrogens is 564 g/mol. The van der Waals surface area contributed by atoms with E-state index in [1.54, 1.807) is 0 Å². The third-order valence-electron chi connectivity index (χ3n) is 6.48. The van der Waals surface area contributed by atoms with Gasteiger partial charge in [0.1, 0.15) is 5.69 Å². The average Bonchev–Trinajstić information content (AvgIpc) is 2.80. The molecular formula is C24H34Br2N6O2. The van der Waals surface area contributed by atoms with Crippen molar-refractivity contribution in [3.8, 4) is 0 Å². The topological polar surface area (TPSA) is 128 Å². The van der Waals surface area contributed by atoms with Gasteiger partial charge in [-0.15, -0.1) is 0 Å². The second-order valence-electron chi connectivity index (χ2n) is 8.88. The van der Waals surface area contributed by atoms with E-state index in [2.05, 4.69) is 55.5 Å². The van der Waals surface area contributed by atoms with Crippen LogP contribution in [0.1, 0.15) is 48.9 Å². The number of halogens is 2. The van der Waals surface area contributed by atoms with Crippen molar-refractivity contribution in [3.05, 3.63) is 53.4 Å². The summed E-state index contributed by atoms with van der Waals surface area (Å²) < 4.78 is 1.88. The molecule has 2 aliphatic heterocycles. The molecule has 2 aromatic carbocycles. The number of nitro benzene ring substituents is 1. The molecule has 0 aromatic heterocycles. The molecule has 10 heteroatoms. The van der Waals surface area contributed by atoms with E-state index < -0.39 is 4.92 Å². The summed E-state index contributed by atoms with van der Waals surface area (Å²) in [5.41, 5.74) is 24.2. The van der Waals surface area contributed by atoms with Crippen LogP contribution in [0.5, 0.6) is 0 Å². The predicted octanol–water partition coefficient (Wildman–Crippen LogP) is 5.09. The van der Waals surface area contributed by atoms with E-state index in [-0.39, 0.29) is 5.69 Å². The van der Waals surface area contributed by atoms with Crippen molar-refractivity contribution >= 4 is 54.6 Å². The van der Waals surface area contributed by atoms with E-state index in [9.17, 15) is 10.1 Å². The van der Waals surface area contributed by atoms with Crippen molar-refractivity contribution < 1.29 is 4.92 Å². The van der Waals surface area contributed by atoms with Gasteiger partial charge in [-0.2, -0.15) is 0 Å². The van der Waals surface area contributed by atoms with Crippen LogP contribution in [0.3, 0.4) is 0 Å². The van der Waals surface area contributed by atoms with Crippen molar-refractivity contribution in [1.82, 2.24) is 9.80 Å². The highest BCUT2D eigenvalue weighted by molar-refractivity contribution is 9.10. The van der Waals surface area contributed by atoms with Gasteiger partial charge >= 0.3 is 0 Å². The van der Waals surface area contributed by atoms with Gasteiger partial charge in [0.2, 0.25) is 0 Å². The van der Waals surface area contributed by atoms with E-state index in [0.717, 1.165) is 84.3 Å². The Kier molecular flexibility index (Phi) is 9.20. The molecule has 0 saturated carbocycles. The zero-order valence-corrected chi connectivity index (χ0v) is 23.0. The SMILES string of the molecule is CCCN1CCc2c(N)c(N)cc(Br)c2C1.CCCN1CCc2c(N)c([N+](=O)[O-])cc(Br)c2C1. The molecule has 0 aliphatic carbocycles. The lowest BCUT2D eigenvalue weighted by molar-refractivity contribution is -0.384. The van der Waals surface area contributed by atoms with E-state index in [1.807, 2.05) is 6.07 Å². The first kappa shape index (κ1) is 26.7. The van der Waals surface area contributed by atoms with Crippen molar-refractivity contribution in [2.45, 2.75) is 52.6 Å². The number of nitrogens with zero attached hydrogens (tertiary/aromatic N) is 3. The molecule has 0 bridgehead atoms. The first-order valence-electron chi connectivity index (χ1n) is 11.7. The third-order valence-corrected chi connectivity index (χ3v) is 7.90. The van der Waals surface area contributed by atoms with Crippen LogP contribution in [-0.2, 0) is 25.9 Å². The first-order valence-corrected chi connectivity index (χ1v) is 13.3. The lowest BCUT2D eigenvalue weighted by atomic mass is 9.97. The van der Waals surface area contributed by atoms with E-state index in [4.69, 9.17) is 17.2 Å². The minimum atomic E-state index is -0.418. The molecule has 0 fully saturated rings. The predicted molar refractivity (Wildman–Crippen MR) is 147 cm³/mol. The van der Waals surface area contributed by atoms with Crippen LogP contribution in [0.15, 0.2) is 21.1 Å². The molecule has 0 atom stereocenters. The Hall–Kier alpha value is -1.88. The lowest BCUT2D eigenvalue weighted by Crippen LogP contribution is -2.32. The fraction of sp³-hybridized carbons (Fsp3) is 0.500. The summed E-state index contributed by atoms with van der Waals surface area (Å²) in [4.78, 5) is 15.3. The molecule has 0 saturated heterocycles. The Bertz CT molecular complexity index is 1060. The normalized spacial score (nSPS) is 15.8. The highest BCUT2D eigenvalue weighted by Gasteiger charge is 2.26. The number of nitrogen functional groups attached to an aromatic ring is 3. The van der Waals surface area contributed by atoms with Crippen LogP contribution in [0.4, 0.5) is 22.7 Å². The molecule has 8 nitrogen and oxygen atoms in total. The van der Waals surface area contributed by atoms with Gasteiger partial charge in [-0.1, -0.05) is 45.7 Å². The molecule has 0 radical (unpaired) electrons. The fourth-order valence-corrected chi connectivity index (χ4v) is 5.94. The van der Waals surface area contributed by atoms with Crippen molar-refractivity contribution in [1.29, 1.82) is 0 Å². The van der Waals surface area contributed by atoms with Crippen LogP contribution in [0.25, 0.3) is 0 Å². The number of rotatable bonds is 5. The number of nitro groups is 1. The monoisotopic (exact) mass is 596 g/mol. The second-order valence-corrected chi connectivity index (χ2v) is 10.6. The summed E-state index contributed by atoms with van der Waals surface area (Å²) in [5, 5.41) is 10.9. The Balaban J connectivity index is 0.000000192. The fourth-order valence-electron chi connectivity index (χ4n) is 4.75. The zero-order valence-electron chi connectivity index (χ0n) is 19.9. The van der Waals surface area contributed by atoms with Crippen LogP contribution < -0.4 is 17.2 Å². The van der Waals surface area contributed by atoms with E-state index in [1.165, 1.54) is 23.6 Å². The number of benzene rings is 2. The molecule has 0 unspecified atom stereocenters. The summed E-state index contributed by atoms with van der Waals surface area (Å²) in [6.45, 7) is 10.3. The van der Waals surface area contributed by atoms with Gasteiger partial charge in [-0.25, -0.2) is 0 Å². The molecule has 6 N–H and O–H groups in total. The maximum absolute atomic E-state index is 10.9. The van der Waals surface area contributed by atoms with Gasteiger partial charge in [-0.3, -0.25) is 19.9 Å². The van der Waals surface area contributed by atoms with Crippen molar-refractivity contribution in [2.24, 2.45) is 0 Å². The highest BCUT2D eigenvalue weighted by Crippen LogP contribution is 2.37. The number of hydrogen-bond donors (Lipinski definition) is 3. The van der Waals surface area contributed by atoms with Gasteiger partial charge in [0.05, 0.1) is 16.3 Å². The van der Waals surface area contributed by atoms with Crippen LogP contribution >= 0.6 is 31.9 Å². The summed E-state index contributed by atoms with van der Waals surface area (Å²) in [6.07, 6.45) is 4.08. The largest absolute Gasteiger partial charge is 0.397 e. The molecule has 2 aliphatic rings. The maximum Gasteiger partial charge on any atom is 0.293 e. The Labute approximate surface area is 218 Å². The minimum Gasteiger partial charge on any atom is -0.397 e.